The molecule has 0 saturated carbocycles. The molecular weight excluding hydrogens is 516 g/mol. The predicted molar refractivity (Wildman–Crippen MR) is 106 cm³/mol. The van der Waals surface area contributed by atoms with E-state index >= 15 is 0 Å². The number of fused-ring (bicyclic) bond motifs is 6. The monoisotopic (exact) mass is 540 g/mol. The summed E-state index contributed by atoms with van der Waals surface area (Å²) in [5.41, 5.74) is 2.83. The number of benzene rings is 3. The molecule has 1 aromatic heterocycles. The Morgan fingerprint density at radius 1 is 0.926 bits per heavy atom. The molecule has 5 heteroatoms. The van der Waals surface area contributed by atoms with Gasteiger partial charge < -0.3 is 15.2 Å². The Kier molecular flexibility index (Phi) is 7.40. The van der Waals surface area contributed by atoms with Crippen LogP contribution in [-0.4, -0.2) is 32.4 Å². The van der Waals surface area contributed by atoms with Crippen LogP contribution in [-0.2, 0) is 20.1 Å². The maximum atomic E-state index is 8.56. The van der Waals surface area contributed by atoms with Crippen LogP contribution in [0.25, 0.3) is 32.6 Å². The van der Waals surface area contributed by atoms with Crippen LogP contribution in [0, 0.1) is 13.0 Å². The second kappa shape index (κ2) is 9.34. The van der Waals surface area contributed by atoms with Gasteiger partial charge in [-0.05, 0) is 32.6 Å². The third kappa shape index (κ3) is 4.88. The van der Waals surface area contributed by atoms with Gasteiger partial charge >= 0.3 is 0 Å². The molecular formula is C22H23IrN2O2-. The molecule has 0 aliphatic heterocycles. The van der Waals surface area contributed by atoms with Gasteiger partial charge in [0.05, 0.1) is 23.4 Å². The van der Waals surface area contributed by atoms with Crippen LogP contribution in [0.2, 0.25) is 0 Å². The molecule has 3 aromatic carbocycles. The van der Waals surface area contributed by atoms with Gasteiger partial charge in [0.1, 0.15) is 0 Å². The van der Waals surface area contributed by atoms with E-state index in [1.54, 1.807) is 13.8 Å². The largest absolute Gasteiger partial charge is 0.393 e. The number of aliphatic hydroxyl groups excluding tert-OH is 2. The number of nitrogens with zero attached hydrogens (tertiary/aromatic N) is 2. The molecule has 0 bridgehead atoms. The van der Waals surface area contributed by atoms with Crippen LogP contribution < -0.4 is 0 Å². The van der Waals surface area contributed by atoms with Gasteiger partial charge in [-0.15, -0.1) is 29.7 Å². The molecule has 0 aliphatic rings. The van der Waals surface area contributed by atoms with Crippen LogP contribution in [0.1, 0.15) is 26.0 Å². The minimum absolute atomic E-state index is 0. The molecule has 2 atom stereocenters. The minimum atomic E-state index is -0.375. The fourth-order valence-corrected chi connectivity index (χ4v) is 3.12. The van der Waals surface area contributed by atoms with Gasteiger partial charge in [-0.2, -0.15) is 0 Å². The van der Waals surface area contributed by atoms with Crippen LogP contribution in [0.15, 0.2) is 48.7 Å². The van der Waals surface area contributed by atoms with Gasteiger partial charge in [0.15, 0.2) is 0 Å². The fraction of sp³-hybridized carbons (Fsp3) is 0.273. The van der Waals surface area contributed by atoms with Crippen molar-refractivity contribution < 1.29 is 30.3 Å². The number of rotatable bonds is 2. The van der Waals surface area contributed by atoms with Gasteiger partial charge in [0.25, 0.3) is 0 Å². The number of hydrogen-bond donors (Lipinski definition) is 2. The second-order valence-electron chi connectivity index (χ2n) is 6.65. The Labute approximate surface area is 172 Å². The zero-order valence-electron chi connectivity index (χ0n) is 15.6. The molecule has 4 aromatic rings. The molecule has 2 unspecified atom stereocenters. The van der Waals surface area contributed by atoms with E-state index in [0.29, 0.717) is 6.42 Å². The van der Waals surface area contributed by atoms with Crippen molar-refractivity contribution in [2.45, 2.75) is 39.4 Å². The quantitative estimate of drug-likeness (QED) is 0.296. The average molecular weight is 540 g/mol. The first-order valence-electron chi connectivity index (χ1n) is 8.78. The van der Waals surface area contributed by atoms with Crippen molar-refractivity contribution in [2.75, 3.05) is 0 Å². The van der Waals surface area contributed by atoms with Gasteiger partial charge in [-0.3, -0.25) is 4.98 Å². The topological polar surface area (TPSA) is 66.2 Å². The first kappa shape index (κ1) is 21.4. The van der Waals surface area contributed by atoms with E-state index in [9.17, 15) is 0 Å². The van der Waals surface area contributed by atoms with Crippen LogP contribution in [0.5, 0.6) is 0 Å². The summed E-state index contributed by atoms with van der Waals surface area (Å²) in [6.07, 6.45) is 1.54. The average Bonchev–Trinajstić information content (AvgIpc) is 2.61. The molecule has 1 heterocycles. The summed E-state index contributed by atoms with van der Waals surface area (Å²) in [6, 6.07) is 17.7. The Balaban J connectivity index is 0.000000285. The second-order valence-corrected chi connectivity index (χ2v) is 6.65. The first-order valence-corrected chi connectivity index (χ1v) is 8.78. The van der Waals surface area contributed by atoms with Crippen molar-refractivity contribution in [3.05, 3.63) is 60.4 Å². The zero-order chi connectivity index (χ0) is 18.7. The number of hydrogen-bond acceptors (Lipinski definition) is 4. The Bertz CT molecular complexity index is 1010. The van der Waals surface area contributed by atoms with E-state index in [1.807, 2.05) is 31.3 Å². The molecule has 0 saturated heterocycles. The maximum Gasteiger partial charge on any atom is 0.0548 e. The number of aromatic nitrogens is 2. The Hall–Kier alpha value is -1.91. The summed E-state index contributed by atoms with van der Waals surface area (Å²) in [5, 5.41) is 21.7. The van der Waals surface area contributed by atoms with Gasteiger partial charge in [0.2, 0.25) is 0 Å². The molecule has 4 nitrogen and oxygen atoms in total. The zero-order valence-corrected chi connectivity index (χ0v) is 18.0. The van der Waals surface area contributed by atoms with Crippen LogP contribution >= 0.6 is 0 Å². The number of aliphatic hydroxyl groups is 2. The van der Waals surface area contributed by atoms with Crippen molar-refractivity contribution in [2.24, 2.45) is 0 Å². The van der Waals surface area contributed by atoms with E-state index in [1.165, 1.54) is 10.8 Å². The number of aryl methyl sites for hydroxylation is 1. The smallest absolute Gasteiger partial charge is 0.0548 e. The van der Waals surface area contributed by atoms with Crippen molar-refractivity contribution >= 4 is 32.6 Å². The molecule has 0 spiro atoms. The van der Waals surface area contributed by atoms with Crippen molar-refractivity contribution in [1.82, 2.24) is 9.97 Å². The fourth-order valence-electron chi connectivity index (χ4n) is 3.12. The summed E-state index contributed by atoms with van der Waals surface area (Å²) in [7, 11) is 0. The van der Waals surface area contributed by atoms with Crippen molar-refractivity contribution in [1.29, 1.82) is 0 Å². The molecule has 0 aliphatic carbocycles. The normalized spacial score (nSPS) is 12.9. The molecule has 0 amide bonds. The standard InChI is InChI=1S/C17H11N2.C5H12O2.Ir/c1-11-10-18-16-14-8-4-2-6-12(14)13-7-3-5-9-15(13)17(16)19-11;1-4(6)3-5(2)7;/h2-7,9-10H,1H3;4-7H,3H2,1-2H3;/q-1;;. The van der Waals surface area contributed by atoms with Crippen LogP contribution in [0.3, 0.4) is 0 Å². The van der Waals surface area contributed by atoms with E-state index in [4.69, 9.17) is 10.2 Å². The summed E-state index contributed by atoms with van der Waals surface area (Å²) in [6.45, 7) is 5.29. The Morgan fingerprint density at radius 2 is 1.56 bits per heavy atom. The SMILES string of the molecule is CC(O)CC(C)O.Cc1cnc2c3[c-]cccc3c3ccccc3c2n1.[Ir]. The Morgan fingerprint density at radius 3 is 2.19 bits per heavy atom. The van der Waals surface area contributed by atoms with E-state index in [-0.39, 0.29) is 32.3 Å². The molecule has 0 fully saturated rings. The minimum Gasteiger partial charge on any atom is -0.393 e. The summed E-state index contributed by atoms with van der Waals surface area (Å²) >= 11 is 0. The van der Waals surface area contributed by atoms with Gasteiger partial charge in [-0.25, -0.2) is 0 Å². The van der Waals surface area contributed by atoms with Crippen molar-refractivity contribution in [3.63, 3.8) is 0 Å². The van der Waals surface area contributed by atoms with E-state index < -0.39 is 0 Å². The molecule has 1 radical (unpaired) electrons. The third-order valence-corrected chi connectivity index (χ3v) is 4.14. The van der Waals surface area contributed by atoms with E-state index in [0.717, 1.165) is 27.5 Å². The van der Waals surface area contributed by atoms with Gasteiger partial charge in [0, 0.05) is 31.8 Å². The molecule has 2 N–H and O–H groups in total. The molecule has 143 valence electrons. The van der Waals surface area contributed by atoms with Crippen molar-refractivity contribution in [3.8, 4) is 0 Å². The third-order valence-electron chi connectivity index (χ3n) is 4.14. The molecule has 27 heavy (non-hydrogen) atoms. The summed E-state index contributed by atoms with van der Waals surface area (Å²) < 4.78 is 0. The maximum absolute atomic E-state index is 8.56. The van der Waals surface area contributed by atoms with Gasteiger partial charge in [-0.1, -0.05) is 35.0 Å². The first-order chi connectivity index (χ1) is 12.5. The summed E-state index contributed by atoms with van der Waals surface area (Å²) in [4.78, 5) is 9.24. The summed E-state index contributed by atoms with van der Waals surface area (Å²) in [5.74, 6) is 0. The van der Waals surface area contributed by atoms with Crippen LogP contribution in [0.4, 0.5) is 0 Å². The predicted octanol–water partition coefficient (Wildman–Crippen LogP) is 4.18. The van der Waals surface area contributed by atoms with E-state index in [2.05, 4.69) is 40.3 Å². The molecule has 4 rings (SSSR count).